The van der Waals surface area contributed by atoms with Crippen molar-refractivity contribution >= 4 is 11.8 Å². The Morgan fingerprint density at radius 3 is 1.61 bits per heavy atom. The number of esters is 1. The van der Waals surface area contributed by atoms with Crippen molar-refractivity contribution in [3.05, 3.63) is 39.9 Å². The van der Waals surface area contributed by atoms with E-state index in [0.717, 1.165) is 26.4 Å². The molecule has 0 aliphatic carbocycles. The molecular weight excluding hydrogens is 620 g/mol. The van der Waals surface area contributed by atoms with Gasteiger partial charge in [-0.25, -0.2) is 4.79 Å². The van der Waals surface area contributed by atoms with Crippen molar-refractivity contribution in [2.45, 2.75) is 67.5 Å². The van der Waals surface area contributed by atoms with Crippen LogP contribution in [-0.2, 0) is 15.9 Å². The van der Waals surface area contributed by atoms with Gasteiger partial charge in [0.25, 0.3) is 0 Å². The number of fused-ring (bicyclic) bond motifs is 2. The van der Waals surface area contributed by atoms with Gasteiger partial charge in [-0.2, -0.15) is 0 Å². The number of methoxy groups -OCH3 is 2. The fourth-order valence-electron chi connectivity index (χ4n) is 6.01. The summed E-state index contributed by atoms with van der Waals surface area (Å²) in [6.07, 6.45) is -17.2. The number of aromatic hydroxyl groups is 2. The van der Waals surface area contributed by atoms with Crippen LogP contribution in [0.25, 0.3) is 0 Å². The summed E-state index contributed by atoms with van der Waals surface area (Å²) < 4.78 is 27.2. The Morgan fingerprint density at radius 1 is 0.696 bits per heavy atom. The fraction of sp³-hybridized carbons (Fsp3) is 0.517. The first-order valence-corrected chi connectivity index (χ1v) is 14.0. The molecule has 2 fully saturated rings. The maximum absolute atomic E-state index is 13.7. The van der Waals surface area contributed by atoms with E-state index in [1.807, 2.05) is 0 Å². The molecule has 2 aromatic rings. The number of rotatable bonds is 6. The molecule has 17 heteroatoms. The van der Waals surface area contributed by atoms with Crippen LogP contribution in [0.3, 0.4) is 0 Å². The first kappa shape index (κ1) is 33.7. The lowest BCUT2D eigenvalue weighted by Gasteiger charge is -2.41. The first-order valence-electron chi connectivity index (χ1n) is 14.0. The lowest BCUT2D eigenvalue weighted by molar-refractivity contribution is -0.232. The number of phenols is 2. The van der Waals surface area contributed by atoms with Crippen LogP contribution in [0.2, 0.25) is 0 Å². The molecule has 46 heavy (non-hydrogen) atoms. The number of phenolic OH excluding ortho intramolecular Hbond substituents is 2. The largest absolute Gasteiger partial charge is 0.504 e. The van der Waals surface area contributed by atoms with Gasteiger partial charge in [0, 0.05) is 23.1 Å². The van der Waals surface area contributed by atoms with Crippen LogP contribution in [0, 0.1) is 0 Å². The molecule has 17 nitrogen and oxygen atoms in total. The third-order valence-corrected chi connectivity index (χ3v) is 8.48. The molecule has 2 aromatic carbocycles. The van der Waals surface area contributed by atoms with Crippen molar-refractivity contribution in [3.8, 4) is 28.7 Å². The molecule has 0 spiro atoms. The standard InChI is InChI=1S/C29H34O17/c1-42-24-11(27-21(38)19(36)17(34)14(6-30)44-27)3-9-8(16(24)33)5-13(32)10-4-12(25(43-2)23(40)26(10)46-29(9)41)28-22(39)20(37)18(35)15(7-31)45-28/h3-4,14-15,17-22,27-28,30-31,33-40H,5-7H2,1-2H3. The predicted octanol–water partition coefficient (Wildman–Crippen LogP) is -2.90. The molecular formula is C29H34O17. The average molecular weight is 655 g/mol. The van der Waals surface area contributed by atoms with Gasteiger partial charge in [0.1, 0.15) is 61.0 Å². The molecule has 2 saturated heterocycles. The normalized spacial score (nSPS) is 32.9. The topological polar surface area (TPSA) is 283 Å². The summed E-state index contributed by atoms with van der Waals surface area (Å²) in [5, 5.41) is 104. The summed E-state index contributed by atoms with van der Waals surface area (Å²) in [4.78, 5) is 27.3. The summed E-state index contributed by atoms with van der Waals surface area (Å²) in [7, 11) is 2.23. The maximum Gasteiger partial charge on any atom is 0.344 e. The third kappa shape index (κ3) is 5.33. The molecule has 3 aliphatic heterocycles. The molecule has 0 bridgehead atoms. The Hall–Kier alpha value is -3.62. The van der Waals surface area contributed by atoms with Crippen LogP contribution < -0.4 is 14.2 Å². The second kappa shape index (κ2) is 12.9. The van der Waals surface area contributed by atoms with Gasteiger partial charge in [0.2, 0.25) is 5.75 Å². The highest BCUT2D eigenvalue weighted by atomic mass is 16.6. The highest BCUT2D eigenvalue weighted by Crippen LogP contribution is 2.50. The molecule has 10 atom stereocenters. The van der Waals surface area contributed by atoms with Gasteiger partial charge >= 0.3 is 5.97 Å². The van der Waals surface area contributed by atoms with Crippen LogP contribution in [0.15, 0.2) is 12.1 Å². The van der Waals surface area contributed by atoms with Gasteiger partial charge < -0.3 is 74.7 Å². The Morgan fingerprint density at radius 2 is 1.15 bits per heavy atom. The van der Waals surface area contributed by atoms with Crippen LogP contribution in [0.5, 0.6) is 28.7 Å². The number of aliphatic hydroxyl groups is 8. The Kier molecular flexibility index (Phi) is 9.45. The summed E-state index contributed by atoms with van der Waals surface area (Å²) in [5.74, 6) is -5.17. The van der Waals surface area contributed by atoms with Crippen molar-refractivity contribution in [3.63, 3.8) is 0 Å². The number of benzene rings is 2. The molecule has 0 amide bonds. The molecule has 252 valence electrons. The van der Waals surface area contributed by atoms with Crippen LogP contribution in [-0.4, -0.2) is 139 Å². The molecule has 5 rings (SSSR count). The van der Waals surface area contributed by atoms with Gasteiger partial charge in [-0.05, 0) is 12.1 Å². The Bertz CT molecular complexity index is 1390. The van der Waals surface area contributed by atoms with E-state index in [1.54, 1.807) is 0 Å². The van der Waals surface area contributed by atoms with E-state index in [9.17, 15) is 60.7 Å². The number of Topliss-reactive ketones (excluding diaryl/α,β-unsaturated/α-hetero) is 1. The minimum Gasteiger partial charge on any atom is -0.504 e. The summed E-state index contributed by atoms with van der Waals surface area (Å²) in [5.41, 5.74) is -1.57. The minimum absolute atomic E-state index is 0.208. The number of aliphatic hydroxyl groups excluding tert-OH is 8. The van der Waals surface area contributed by atoms with E-state index >= 15 is 0 Å². The second-order valence-electron chi connectivity index (χ2n) is 11.1. The summed E-state index contributed by atoms with van der Waals surface area (Å²) in [6.45, 7) is -1.53. The van der Waals surface area contributed by atoms with Crippen molar-refractivity contribution in [1.29, 1.82) is 0 Å². The van der Waals surface area contributed by atoms with E-state index in [1.165, 1.54) is 0 Å². The number of ketones is 1. The van der Waals surface area contributed by atoms with E-state index in [4.69, 9.17) is 23.7 Å². The van der Waals surface area contributed by atoms with Crippen LogP contribution >= 0.6 is 0 Å². The van der Waals surface area contributed by atoms with Gasteiger partial charge in [0.15, 0.2) is 28.8 Å². The van der Waals surface area contributed by atoms with Crippen molar-refractivity contribution in [2.75, 3.05) is 27.4 Å². The molecule has 3 heterocycles. The lowest BCUT2D eigenvalue weighted by atomic mass is 9.86. The molecule has 0 aromatic heterocycles. The molecule has 3 aliphatic rings. The average Bonchev–Trinajstić information content (AvgIpc) is 3.03. The van der Waals surface area contributed by atoms with Crippen molar-refractivity contribution in [2.24, 2.45) is 0 Å². The van der Waals surface area contributed by atoms with Gasteiger partial charge in [-0.3, -0.25) is 4.79 Å². The number of carbonyl (C=O) groups is 2. The SMILES string of the molecule is COc1c(C2OC(CO)C(O)C(O)C2O)cc2c(c1O)CC(=O)c1cc(C3OC(CO)C(O)C(O)C3O)c(OC)c(O)c1OC2=O. The third-order valence-electron chi connectivity index (χ3n) is 8.48. The number of hydrogen-bond donors (Lipinski definition) is 10. The van der Waals surface area contributed by atoms with Gasteiger partial charge in [0.05, 0.1) is 38.6 Å². The van der Waals surface area contributed by atoms with E-state index < -0.39 is 127 Å². The molecule has 0 saturated carbocycles. The van der Waals surface area contributed by atoms with E-state index in [2.05, 4.69) is 0 Å². The lowest BCUT2D eigenvalue weighted by Crippen LogP contribution is -2.55. The molecule has 10 N–H and O–H groups in total. The number of hydrogen-bond acceptors (Lipinski definition) is 17. The first-order chi connectivity index (χ1) is 21.8. The zero-order valence-electron chi connectivity index (χ0n) is 24.4. The van der Waals surface area contributed by atoms with Crippen molar-refractivity contribution < 1.29 is 84.3 Å². The zero-order chi connectivity index (χ0) is 33.8. The van der Waals surface area contributed by atoms with Crippen LogP contribution in [0.4, 0.5) is 0 Å². The Labute approximate surface area is 260 Å². The molecule has 10 unspecified atom stereocenters. The quantitative estimate of drug-likeness (QED) is 0.110. The predicted molar refractivity (Wildman–Crippen MR) is 148 cm³/mol. The second-order valence-corrected chi connectivity index (χ2v) is 11.1. The Balaban J connectivity index is 1.62. The van der Waals surface area contributed by atoms with E-state index in [-0.39, 0.29) is 22.4 Å². The van der Waals surface area contributed by atoms with Gasteiger partial charge in [-0.15, -0.1) is 0 Å². The van der Waals surface area contributed by atoms with Crippen LogP contribution in [0.1, 0.15) is 49.6 Å². The number of carbonyl (C=O) groups excluding carboxylic acids is 2. The van der Waals surface area contributed by atoms with Crippen molar-refractivity contribution in [1.82, 2.24) is 0 Å². The van der Waals surface area contributed by atoms with Gasteiger partial charge in [-0.1, -0.05) is 0 Å². The summed E-state index contributed by atoms with van der Waals surface area (Å²) >= 11 is 0. The minimum atomic E-state index is -1.83. The number of ether oxygens (including phenoxy) is 5. The smallest absolute Gasteiger partial charge is 0.344 e. The fourth-order valence-corrected chi connectivity index (χ4v) is 6.01. The zero-order valence-corrected chi connectivity index (χ0v) is 24.4. The highest BCUT2D eigenvalue weighted by molar-refractivity contribution is 6.07. The maximum atomic E-state index is 13.7. The summed E-state index contributed by atoms with van der Waals surface area (Å²) in [6, 6.07) is 2.13. The highest BCUT2D eigenvalue weighted by Gasteiger charge is 2.48. The molecule has 0 radical (unpaired) electrons. The monoisotopic (exact) mass is 654 g/mol. The van der Waals surface area contributed by atoms with E-state index in [0.29, 0.717) is 0 Å².